The standard InChI is InChI=1S/C12H11BrN2O2/c1-8-10(13)11(12(16)17-2)14-15(8)9-6-4-3-5-7-9/h3-7H,1-2H3. The van der Waals surface area contributed by atoms with Crippen molar-refractivity contribution in [3.8, 4) is 5.69 Å². The minimum Gasteiger partial charge on any atom is -0.464 e. The van der Waals surface area contributed by atoms with E-state index in [4.69, 9.17) is 0 Å². The monoisotopic (exact) mass is 294 g/mol. The molecule has 0 fully saturated rings. The number of carbonyl (C=O) groups excluding carboxylic acids is 1. The van der Waals surface area contributed by atoms with Crippen molar-refractivity contribution in [3.05, 3.63) is 46.2 Å². The van der Waals surface area contributed by atoms with Gasteiger partial charge >= 0.3 is 5.97 Å². The molecule has 5 heteroatoms. The Balaban J connectivity index is 2.54. The number of rotatable bonds is 2. The van der Waals surface area contributed by atoms with E-state index in [-0.39, 0.29) is 5.69 Å². The highest BCUT2D eigenvalue weighted by molar-refractivity contribution is 9.10. The van der Waals surface area contributed by atoms with Crippen LogP contribution in [0.25, 0.3) is 5.69 Å². The predicted molar refractivity (Wildman–Crippen MR) is 67.3 cm³/mol. The fourth-order valence-electron chi connectivity index (χ4n) is 1.53. The van der Waals surface area contributed by atoms with Crippen molar-refractivity contribution >= 4 is 21.9 Å². The molecular weight excluding hydrogens is 284 g/mol. The molecule has 88 valence electrons. The average molecular weight is 295 g/mol. The molecule has 2 rings (SSSR count). The topological polar surface area (TPSA) is 44.1 Å². The van der Waals surface area contributed by atoms with E-state index in [1.54, 1.807) is 4.68 Å². The number of methoxy groups -OCH3 is 1. The van der Waals surface area contributed by atoms with Crippen LogP contribution in [0.4, 0.5) is 0 Å². The van der Waals surface area contributed by atoms with Crippen molar-refractivity contribution < 1.29 is 9.53 Å². The highest BCUT2D eigenvalue weighted by Gasteiger charge is 2.19. The molecular formula is C12H11BrN2O2. The first kappa shape index (κ1) is 11.9. The summed E-state index contributed by atoms with van der Waals surface area (Å²) in [6.45, 7) is 1.89. The van der Waals surface area contributed by atoms with E-state index in [0.717, 1.165) is 11.4 Å². The fraction of sp³-hybridized carbons (Fsp3) is 0.167. The lowest BCUT2D eigenvalue weighted by Gasteiger charge is -2.02. The molecule has 0 bridgehead atoms. The normalized spacial score (nSPS) is 10.3. The van der Waals surface area contributed by atoms with Crippen molar-refractivity contribution in [1.29, 1.82) is 0 Å². The van der Waals surface area contributed by atoms with Gasteiger partial charge in [0.15, 0.2) is 5.69 Å². The van der Waals surface area contributed by atoms with Gasteiger partial charge in [0.2, 0.25) is 0 Å². The summed E-state index contributed by atoms with van der Waals surface area (Å²) in [5, 5.41) is 4.25. The number of aromatic nitrogens is 2. The third kappa shape index (κ3) is 2.10. The van der Waals surface area contributed by atoms with Gasteiger partial charge in [0.25, 0.3) is 0 Å². The smallest absolute Gasteiger partial charge is 0.359 e. The van der Waals surface area contributed by atoms with Gasteiger partial charge in [-0.2, -0.15) is 5.10 Å². The molecule has 0 atom stereocenters. The van der Waals surface area contributed by atoms with E-state index in [2.05, 4.69) is 25.8 Å². The van der Waals surface area contributed by atoms with Crippen LogP contribution >= 0.6 is 15.9 Å². The Morgan fingerprint density at radius 1 is 1.35 bits per heavy atom. The SMILES string of the molecule is COC(=O)c1nn(-c2ccccc2)c(C)c1Br. The maximum atomic E-state index is 11.5. The molecule has 0 N–H and O–H groups in total. The molecule has 1 aromatic heterocycles. The van der Waals surface area contributed by atoms with Gasteiger partial charge < -0.3 is 4.74 Å². The van der Waals surface area contributed by atoms with E-state index in [9.17, 15) is 4.79 Å². The van der Waals surface area contributed by atoms with E-state index >= 15 is 0 Å². The highest BCUT2D eigenvalue weighted by atomic mass is 79.9. The van der Waals surface area contributed by atoms with E-state index in [1.807, 2.05) is 37.3 Å². The van der Waals surface area contributed by atoms with Crippen LogP contribution in [0, 0.1) is 6.92 Å². The second-order valence-corrected chi connectivity index (χ2v) is 4.28. The molecule has 0 unspecified atom stereocenters. The van der Waals surface area contributed by atoms with Gasteiger partial charge in [-0.1, -0.05) is 18.2 Å². The van der Waals surface area contributed by atoms with Crippen molar-refractivity contribution in [2.75, 3.05) is 7.11 Å². The Kier molecular flexibility index (Phi) is 3.28. The van der Waals surface area contributed by atoms with Crippen LogP contribution in [0.2, 0.25) is 0 Å². The van der Waals surface area contributed by atoms with Gasteiger partial charge in [-0.3, -0.25) is 0 Å². The Morgan fingerprint density at radius 3 is 2.59 bits per heavy atom. The Hall–Kier alpha value is -1.62. The second kappa shape index (κ2) is 4.71. The lowest BCUT2D eigenvalue weighted by atomic mass is 10.3. The van der Waals surface area contributed by atoms with Gasteiger partial charge in [-0.25, -0.2) is 9.48 Å². The largest absolute Gasteiger partial charge is 0.464 e. The number of ether oxygens (including phenoxy) is 1. The summed E-state index contributed by atoms with van der Waals surface area (Å²) in [4.78, 5) is 11.5. The number of carbonyl (C=O) groups is 1. The van der Waals surface area contributed by atoms with E-state index < -0.39 is 5.97 Å². The molecule has 0 saturated heterocycles. The van der Waals surface area contributed by atoms with Crippen molar-refractivity contribution in [2.45, 2.75) is 6.92 Å². The zero-order valence-corrected chi connectivity index (χ0v) is 11.1. The lowest BCUT2D eigenvalue weighted by Crippen LogP contribution is -2.04. The Labute approximate surface area is 107 Å². The van der Waals surface area contributed by atoms with Crippen LogP contribution < -0.4 is 0 Å². The van der Waals surface area contributed by atoms with E-state index in [0.29, 0.717) is 4.47 Å². The Morgan fingerprint density at radius 2 is 2.00 bits per heavy atom. The summed E-state index contributed by atoms with van der Waals surface area (Å²) in [6, 6.07) is 9.62. The molecule has 0 amide bonds. The maximum absolute atomic E-state index is 11.5. The summed E-state index contributed by atoms with van der Waals surface area (Å²) in [5.74, 6) is -0.449. The summed E-state index contributed by atoms with van der Waals surface area (Å²) < 4.78 is 7.04. The minimum atomic E-state index is -0.449. The number of benzene rings is 1. The number of esters is 1. The van der Waals surface area contributed by atoms with Gasteiger partial charge in [-0.15, -0.1) is 0 Å². The first-order valence-electron chi connectivity index (χ1n) is 5.04. The first-order valence-corrected chi connectivity index (χ1v) is 5.83. The molecule has 0 aliphatic carbocycles. The lowest BCUT2D eigenvalue weighted by molar-refractivity contribution is 0.0592. The highest BCUT2D eigenvalue weighted by Crippen LogP contribution is 2.24. The maximum Gasteiger partial charge on any atom is 0.359 e. The molecule has 17 heavy (non-hydrogen) atoms. The van der Waals surface area contributed by atoms with E-state index in [1.165, 1.54) is 7.11 Å². The summed E-state index contributed by atoms with van der Waals surface area (Å²) in [7, 11) is 1.34. The van der Waals surface area contributed by atoms with Crippen molar-refractivity contribution in [1.82, 2.24) is 9.78 Å². The zero-order valence-electron chi connectivity index (χ0n) is 9.48. The number of halogens is 1. The molecule has 4 nitrogen and oxygen atoms in total. The van der Waals surface area contributed by atoms with Crippen molar-refractivity contribution in [3.63, 3.8) is 0 Å². The van der Waals surface area contributed by atoms with Crippen LogP contribution in [0.3, 0.4) is 0 Å². The molecule has 0 aliphatic rings. The predicted octanol–water partition coefficient (Wildman–Crippen LogP) is 2.73. The minimum absolute atomic E-state index is 0.286. The van der Waals surface area contributed by atoms with Crippen LogP contribution in [0.15, 0.2) is 34.8 Å². The van der Waals surface area contributed by atoms with Crippen LogP contribution in [-0.2, 0) is 4.74 Å². The third-order valence-corrected chi connectivity index (χ3v) is 3.37. The quantitative estimate of drug-likeness (QED) is 0.800. The Bertz CT molecular complexity index is 549. The molecule has 1 heterocycles. The van der Waals surface area contributed by atoms with Gasteiger partial charge in [0, 0.05) is 0 Å². The average Bonchev–Trinajstić information content (AvgIpc) is 2.67. The van der Waals surface area contributed by atoms with Crippen LogP contribution in [-0.4, -0.2) is 22.9 Å². The van der Waals surface area contributed by atoms with Gasteiger partial charge in [0.1, 0.15) is 0 Å². The van der Waals surface area contributed by atoms with Crippen molar-refractivity contribution in [2.24, 2.45) is 0 Å². The summed E-state index contributed by atoms with van der Waals surface area (Å²) >= 11 is 3.36. The number of para-hydroxylation sites is 1. The van der Waals surface area contributed by atoms with Gasteiger partial charge in [-0.05, 0) is 35.0 Å². The van der Waals surface area contributed by atoms with Gasteiger partial charge in [0.05, 0.1) is 23.0 Å². The van der Waals surface area contributed by atoms with Crippen LogP contribution in [0.5, 0.6) is 0 Å². The number of hydrogen-bond donors (Lipinski definition) is 0. The number of nitrogens with zero attached hydrogens (tertiary/aromatic N) is 2. The molecule has 0 radical (unpaired) electrons. The fourth-order valence-corrected chi connectivity index (χ4v) is 1.94. The molecule has 0 saturated carbocycles. The first-order chi connectivity index (χ1) is 8.15. The molecule has 2 aromatic rings. The van der Waals surface area contributed by atoms with Crippen LogP contribution in [0.1, 0.15) is 16.2 Å². The zero-order chi connectivity index (χ0) is 12.4. The molecule has 0 spiro atoms. The molecule has 0 aliphatic heterocycles. The third-order valence-electron chi connectivity index (χ3n) is 2.42. The summed E-state index contributed by atoms with van der Waals surface area (Å²) in [6.07, 6.45) is 0. The second-order valence-electron chi connectivity index (χ2n) is 3.49. The number of hydrogen-bond acceptors (Lipinski definition) is 3. The summed E-state index contributed by atoms with van der Waals surface area (Å²) in [5.41, 5.74) is 2.05. The molecule has 1 aromatic carbocycles.